The van der Waals surface area contributed by atoms with Gasteiger partial charge in [0.15, 0.2) is 5.17 Å². The highest BCUT2D eigenvalue weighted by atomic mass is 32.2. The van der Waals surface area contributed by atoms with Crippen molar-refractivity contribution in [3.05, 3.63) is 94.9 Å². The Morgan fingerprint density at radius 2 is 1.65 bits per heavy atom. The number of nitrogens with zero attached hydrogens (tertiary/aromatic N) is 2. The van der Waals surface area contributed by atoms with Crippen LogP contribution in [0.1, 0.15) is 11.1 Å². The van der Waals surface area contributed by atoms with Gasteiger partial charge in [-0.25, -0.2) is 4.99 Å². The van der Waals surface area contributed by atoms with Crippen LogP contribution in [0.2, 0.25) is 0 Å². The number of rotatable bonds is 6. The molecule has 1 amide bonds. The zero-order valence-corrected chi connectivity index (χ0v) is 18.1. The van der Waals surface area contributed by atoms with Gasteiger partial charge in [-0.2, -0.15) is 0 Å². The number of ether oxygens (including phenoxy) is 2. The molecule has 0 spiro atoms. The van der Waals surface area contributed by atoms with E-state index >= 15 is 0 Å². The molecule has 0 bridgehead atoms. The van der Waals surface area contributed by atoms with Crippen LogP contribution in [0.5, 0.6) is 11.5 Å². The number of hydrogen-bond donors (Lipinski definition) is 0. The summed E-state index contributed by atoms with van der Waals surface area (Å²) in [5, 5.41) is 0.652. The lowest BCUT2D eigenvalue weighted by Crippen LogP contribution is -2.28. The van der Waals surface area contributed by atoms with Crippen molar-refractivity contribution in [2.75, 3.05) is 14.2 Å². The molecule has 4 rings (SSSR count). The first kappa shape index (κ1) is 20.8. The molecular weight excluding hydrogens is 408 g/mol. The average Bonchev–Trinajstić information content (AvgIpc) is 3.09. The van der Waals surface area contributed by atoms with E-state index in [1.807, 2.05) is 78.9 Å². The zero-order chi connectivity index (χ0) is 21.6. The average molecular weight is 431 g/mol. The van der Waals surface area contributed by atoms with Crippen molar-refractivity contribution in [2.24, 2.45) is 4.99 Å². The number of aliphatic imine (C=N–C) groups is 1. The van der Waals surface area contributed by atoms with Gasteiger partial charge in [0.05, 0.1) is 31.4 Å². The molecule has 3 aromatic carbocycles. The Bertz CT molecular complexity index is 1130. The topological polar surface area (TPSA) is 51.1 Å². The molecule has 31 heavy (non-hydrogen) atoms. The molecule has 1 saturated heterocycles. The van der Waals surface area contributed by atoms with Crippen LogP contribution in [0.4, 0.5) is 5.69 Å². The fourth-order valence-corrected chi connectivity index (χ4v) is 4.18. The lowest BCUT2D eigenvalue weighted by atomic mass is 10.1. The third-order valence-corrected chi connectivity index (χ3v) is 5.79. The SMILES string of the molecule is COc1ccc(/C=C2/SC(=Nc3ccccc3)N(Cc3ccccc3)C2=O)c(OC)c1. The second-order valence-corrected chi connectivity index (χ2v) is 7.83. The van der Waals surface area contributed by atoms with Gasteiger partial charge in [-0.15, -0.1) is 0 Å². The number of thioether (sulfide) groups is 1. The Morgan fingerprint density at radius 3 is 2.32 bits per heavy atom. The molecule has 0 atom stereocenters. The molecule has 1 heterocycles. The predicted molar refractivity (Wildman–Crippen MR) is 126 cm³/mol. The number of carbonyl (C=O) groups excluding carboxylic acids is 1. The summed E-state index contributed by atoms with van der Waals surface area (Å²) in [6, 6.07) is 25.1. The third kappa shape index (κ3) is 4.81. The van der Waals surface area contributed by atoms with E-state index in [1.165, 1.54) is 11.8 Å². The highest BCUT2D eigenvalue weighted by Crippen LogP contribution is 2.37. The first-order chi connectivity index (χ1) is 15.2. The molecule has 3 aromatic rings. The molecule has 1 fully saturated rings. The van der Waals surface area contributed by atoms with Crippen molar-refractivity contribution in [1.82, 2.24) is 4.90 Å². The Hall–Kier alpha value is -3.51. The Kier molecular flexibility index (Phi) is 6.38. The maximum absolute atomic E-state index is 13.3. The maximum Gasteiger partial charge on any atom is 0.267 e. The van der Waals surface area contributed by atoms with Crippen LogP contribution in [0, 0.1) is 0 Å². The van der Waals surface area contributed by atoms with Crippen molar-refractivity contribution >= 4 is 34.6 Å². The Morgan fingerprint density at radius 1 is 0.935 bits per heavy atom. The molecule has 0 unspecified atom stereocenters. The molecule has 0 aliphatic carbocycles. The zero-order valence-electron chi connectivity index (χ0n) is 17.3. The van der Waals surface area contributed by atoms with Crippen LogP contribution < -0.4 is 9.47 Å². The fraction of sp³-hybridized carbons (Fsp3) is 0.120. The molecule has 6 heteroatoms. The number of benzene rings is 3. The number of amides is 1. The third-order valence-electron chi connectivity index (χ3n) is 4.78. The van der Waals surface area contributed by atoms with Crippen molar-refractivity contribution in [1.29, 1.82) is 0 Å². The lowest BCUT2D eigenvalue weighted by molar-refractivity contribution is -0.122. The molecule has 0 saturated carbocycles. The molecule has 5 nitrogen and oxygen atoms in total. The quantitative estimate of drug-likeness (QED) is 0.484. The number of para-hydroxylation sites is 1. The van der Waals surface area contributed by atoms with E-state index < -0.39 is 0 Å². The van der Waals surface area contributed by atoms with Crippen molar-refractivity contribution in [2.45, 2.75) is 6.54 Å². The van der Waals surface area contributed by atoms with Gasteiger partial charge in [0.2, 0.25) is 0 Å². The minimum atomic E-state index is -0.0820. The summed E-state index contributed by atoms with van der Waals surface area (Å²) in [5.41, 5.74) is 2.65. The van der Waals surface area contributed by atoms with Gasteiger partial charge in [-0.3, -0.25) is 9.69 Å². The molecule has 0 N–H and O–H groups in total. The molecular formula is C25H22N2O3S. The van der Waals surface area contributed by atoms with Crippen LogP contribution >= 0.6 is 11.8 Å². The van der Waals surface area contributed by atoms with E-state index in [9.17, 15) is 4.79 Å². The van der Waals surface area contributed by atoms with Crippen LogP contribution in [0.15, 0.2) is 88.8 Å². The lowest BCUT2D eigenvalue weighted by Gasteiger charge is -2.15. The van der Waals surface area contributed by atoms with Crippen LogP contribution in [0.25, 0.3) is 6.08 Å². The molecule has 156 valence electrons. The van der Waals surface area contributed by atoms with Crippen molar-refractivity contribution < 1.29 is 14.3 Å². The first-order valence-corrected chi connectivity index (χ1v) is 10.6. The van der Waals surface area contributed by atoms with Gasteiger partial charge in [0, 0.05) is 11.6 Å². The molecule has 1 aliphatic heterocycles. The summed E-state index contributed by atoms with van der Waals surface area (Å²) in [4.78, 5) is 20.4. The summed E-state index contributed by atoms with van der Waals surface area (Å²) in [5.74, 6) is 1.26. The molecule has 1 aliphatic rings. The van der Waals surface area contributed by atoms with Gasteiger partial charge in [0.25, 0.3) is 5.91 Å². The largest absolute Gasteiger partial charge is 0.497 e. The predicted octanol–water partition coefficient (Wildman–Crippen LogP) is 5.51. The van der Waals surface area contributed by atoms with E-state index in [4.69, 9.17) is 14.5 Å². The monoisotopic (exact) mass is 430 g/mol. The van der Waals surface area contributed by atoms with Gasteiger partial charge in [0.1, 0.15) is 11.5 Å². The van der Waals surface area contributed by atoms with E-state index in [0.717, 1.165) is 16.8 Å². The Labute approximate surface area is 186 Å². The first-order valence-electron chi connectivity index (χ1n) is 9.79. The summed E-state index contributed by atoms with van der Waals surface area (Å²) < 4.78 is 10.8. The molecule has 0 aromatic heterocycles. The normalized spacial score (nSPS) is 16.2. The second-order valence-electron chi connectivity index (χ2n) is 6.83. The van der Waals surface area contributed by atoms with Gasteiger partial charge in [-0.1, -0.05) is 48.5 Å². The van der Waals surface area contributed by atoms with E-state index in [0.29, 0.717) is 28.1 Å². The standard InChI is InChI=1S/C25H22N2O3S/c1-29-21-14-13-19(22(16-21)30-2)15-23-24(28)27(17-18-9-5-3-6-10-18)25(31-23)26-20-11-7-4-8-12-20/h3-16H,17H2,1-2H3/b23-15+,26-25?. The minimum Gasteiger partial charge on any atom is -0.497 e. The van der Waals surface area contributed by atoms with E-state index in [2.05, 4.69) is 0 Å². The highest BCUT2D eigenvalue weighted by Gasteiger charge is 2.33. The number of carbonyl (C=O) groups is 1. The summed E-state index contributed by atoms with van der Waals surface area (Å²) in [6.45, 7) is 0.454. The summed E-state index contributed by atoms with van der Waals surface area (Å²) >= 11 is 1.37. The summed E-state index contributed by atoms with van der Waals surface area (Å²) in [7, 11) is 3.21. The minimum absolute atomic E-state index is 0.0820. The summed E-state index contributed by atoms with van der Waals surface area (Å²) in [6.07, 6.45) is 1.84. The second kappa shape index (κ2) is 9.53. The number of methoxy groups -OCH3 is 2. The van der Waals surface area contributed by atoms with Gasteiger partial charge < -0.3 is 9.47 Å². The van der Waals surface area contributed by atoms with E-state index in [1.54, 1.807) is 25.2 Å². The van der Waals surface area contributed by atoms with Crippen LogP contribution in [-0.4, -0.2) is 30.2 Å². The van der Waals surface area contributed by atoms with Crippen molar-refractivity contribution in [3.63, 3.8) is 0 Å². The van der Waals surface area contributed by atoms with Gasteiger partial charge >= 0.3 is 0 Å². The molecule has 0 radical (unpaired) electrons. The van der Waals surface area contributed by atoms with Gasteiger partial charge in [-0.05, 0) is 47.7 Å². The fourth-order valence-electron chi connectivity index (χ4n) is 3.19. The number of amidine groups is 1. The van der Waals surface area contributed by atoms with E-state index in [-0.39, 0.29) is 5.91 Å². The maximum atomic E-state index is 13.3. The highest BCUT2D eigenvalue weighted by molar-refractivity contribution is 8.18. The Balaban J connectivity index is 1.71. The van der Waals surface area contributed by atoms with Crippen LogP contribution in [0.3, 0.4) is 0 Å². The van der Waals surface area contributed by atoms with Crippen molar-refractivity contribution in [3.8, 4) is 11.5 Å². The van der Waals surface area contributed by atoms with Crippen LogP contribution in [-0.2, 0) is 11.3 Å². The number of hydrogen-bond acceptors (Lipinski definition) is 5. The smallest absolute Gasteiger partial charge is 0.267 e.